The molecule has 0 saturated carbocycles. The second kappa shape index (κ2) is 7.54. The molecule has 29 heavy (non-hydrogen) atoms. The van der Waals surface area contributed by atoms with Gasteiger partial charge in [-0.05, 0) is 71.3 Å². The first-order chi connectivity index (χ1) is 14.0. The molecule has 1 aliphatic carbocycles. The van der Waals surface area contributed by atoms with Crippen molar-refractivity contribution < 1.29 is 4.79 Å². The normalized spacial score (nSPS) is 22.4. The molecule has 5 rings (SSSR count). The monoisotopic (exact) mass is 429 g/mol. The maximum atomic E-state index is 12.9. The summed E-state index contributed by atoms with van der Waals surface area (Å²) in [5, 5.41) is 11.0. The van der Waals surface area contributed by atoms with E-state index in [1.54, 1.807) is 0 Å². The van der Waals surface area contributed by atoms with Crippen LogP contribution in [0.2, 0.25) is 0 Å². The molecule has 4 heterocycles. The predicted molar refractivity (Wildman–Crippen MR) is 118 cm³/mol. The molecule has 6 nitrogen and oxygen atoms in total. The molecule has 154 valence electrons. The van der Waals surface area contributed by atoms with Gasteiger partial charge >= 0.3 is 0 Å². The Labute approximate surface area is 179 Å². The lowest BCUT2D eigenvalue weighted by atomic mass is 9.97. The number of hydrogen-bond acceptors (Lipinski definition) is 6. The summed E-state index contributed by atoms with van der Waals surface area (Å²) < 4.78 is 2.05. The smallest absolute Gasteiger partial charge is 0.233 e. The van der Waals surface area contributed by atoms with Crippen LogP contribution in [0.1, 0.15) is 62.2 Å². The van der Waals surface area contributed by atoms with Crippen molar-refractivity contribution >= 4 is 44.9 Å². The Kier molecular flexibility index (Phi) is 5.02. The van der Waals surface area contributed by atoms with Crippen LogP contribution in [0, 0.1) is 6.92 Å². The summed E-state index contributed by atoms with van der Waals surface area (Å²) in [7, 11) is 0. The molecule has 2 atom stereocenters. The van der Waals surface area contributed by atoms with Gasteiger partial charge in [0.2, 0.25) is 5.91 Å². The number of hydrogen-bond donors (Lipinski definition) is 0. The van der Waals surface area contributed by atoms with Crippen molar-refractivity contribution in [3.63, 3.8) is 0 Å². The SMILES string of the molecule is Cc1nc2sc3c(c2c2nnc(SCC(=O)N4[C@H](C)CCC[C@H]4C)n12)CCCC3. The van der Waals surface area contributed by atoms with E-state index in [9.17, 15) is 4.79 Å². The molecule has 2 aliphatic rings. The van der Waals surface area contributed by atoms with Crippen molar-refractivity contribution in [1.82, 2.24) is 24.5 Å². The number of likely N-dealkylation sites (tertiary alicyclic amines) is 1. The summed E-state index contributed by atoms with van der Waals surface area (Å²) in [6.07, 6.45) is 8.15. The molecule has 3 aromatic rings. The molecular weight excluding hydrogens is 402 g/mol. The van der Waals surface area contributed by atoms with E-state index in [0.717, 1.165) is 47.1 Å². The van der Waals surface area contributed by atoms with Gasteiger partial charge in [-0.15, -0.1) is 21.5 Å². The average molecular weight is 430 g/mol. The third-order valence-electron chi connectivity index (χ3n) is 6.40. The zero-order valence-corrected chi connectivity index (χ0v) is 18.9. The molecule has 1 amide bonds. The molecule has 1 saturated heterocycles. The number of aromatic nitrogens is 4. The Balaban J connectivity index is 1.46. The molecule has 8 heteroatoms. The summed E-state index contributed by atoms with van der Waals surface area (Å²) in [6, 6.07) is 0.643. The van der Waals surface area contributed by atoms with Crippen LogP contribution in [0.5, 0.6) is 0 Å². The van der Waals surface area contributed by atoms with Gasteiger partial charge in [0.05, 0.1) is 11.1 Å². The third-order valence-corrected chi connectivity index (χ3v) is 8.50. The van der Waals surface area contributed by atoms with Gasteiger partial charge in [-0.3, -0.25) is 9.20 Å². The first-order valence-corrected chi connectivity index (χ1v) is 12.4. The maximum Gasteiger partial charge on any atom is 0.233 e. The summed E-state index contributed by atoms with van der Waals surface area (Å²) in [5.41, 5.74) is 2.33. The number of thiophene rings is 1. The van der Waals surface area contributed by atoms with E-state index in [4.69, 9.17) is 4.98 Å². The maximum absolute atomic E-state index is 12.9. The fourth-order valence-corrected chi connectivity index (χ4v) is 7.14. The molecule has 1 fully saturated rings. The highest BCUT2D eigenvalue weighted by Crippen LogP contribution is 2.38. The van der Waals surface area contributed by atoms with Crippen molar-refractivity contribution in [3.8, 4) is 0 Å². The van der Waals surface area contributed by atoms with E-state index in [1.165, 1.54) is 46.9 Å². The van der Waals surface area contributed by atoms with Crippen LogP contribution in [0.15, 0.2) is 5.16 Å². The first kappa shape index (κ1) is 19.3. The van der Waals surface area contributed by atoms with E-state index in [2.05, 4.69) is 28.9 Å². The van der Waals surface area contributed by atoms with Crippen LogP contribution >= 0.6 is 23.1 Å². The van der Waals surface area contributed by atoms with Gasteiger partial charge in [-0.2, -0.15) is 0 Å². The lowest BCUT2D eigenvalue weighted by Crippen LogP contribution is -2.48. The van der Waals surface area contributed by atoms with E-state index < -0.39 is 0 Å². The number of carbonyl (C=O) groups is 1. The molecular formula is C21H27N5OS2. The van der Waals surface area contributed by atoms with Gasteiger partial charge in [-0.1, -0.05) is 11.8 Å². The summed E-state index contributed by atoms with van der Waals surface area (Å²) >= 11 is 3.30. The van der Waals surface area contributed by atoms with Crippen LogP contribution < -0.4 is 0 Å². The molecule has 0 unspecified atom stereocenters. The van der Waals surface area contributed by atoms with Crippen LogP contribution in [-0.2, 0) is 17.6 Å². The summed E-state index contributed by atoms with van der Waals surface area (Å²) in [4.78, 5) is 22.4. The summed E-state index contributed by atoms with van der Waals surface area (Å²) in [6.45, 7) is 6.33. The van der Waals surface area contributed by atoms with E-state index in [1.807, 2.05) is 22.7 Å². The largest absolute Gasteiger partial charge is 0.337 e. The van der Waals surface area contributed by atoms with Crippen molar-refractivity contribution in [3.05, 3.63) is 16.3 Å². The number of piperidine rings is 1. The second-order valence-corrected chi connectivity index (χ2v) is 10.4. The molecule has 0 radical (unpaired) electrons. The van der Waals surface area contributed by atoms with E-state index in [-0.39, 0.29) is 5.91 Å². The average Bonchev–Trinajstić information content (AvgIpc) is 3.27. The lowest BCUT2D eigenvalue weighted by Gasteiger charge is -2.39. The Morgan fingerprint density at radius 3 is 2.69 bits per heavy atom. The quantitative estimate of drug-likeness (QED) is 0.577. The highest BCUT2D eigenvalue weighted by molar-refractivity contribution is 7.99. The second-order valence-electron chi connectivity index (χ2n) is 8.41. The highest BCUT2D eigenvalue weighted by atomic mass is 32.2. The van der Waals surface area contributed by atoms with Gasteiger partial charge < -0.3 is 4.90 Å². The zero-order chi connectivity index (χ0) is 20.1. The number of amides is 1. The number of rotatable bonds is 3. The standard InChI is InChI=1S/C21H27N5OS2/c1-12-7-6-8-13(2)25(12)17(27)11-28-21-24-23-19-18-15-9-4-5-10-16(15)29-20(18)22-14(3)26(19)21/h12-13H,4-11H2,1-3H3/t12-,13-/m1/s1. The van der Waals surface area contributed by atoms with Crippen LogP contribution in [0.4, 0.5) is 0 Å². The lowest BCUT2D eigenvalue weighted by molar-refractivity contribution is -0.134. The third kappa shape index (κ3) is 3.24. The minimum absolute atomic E-state index is 0.200. The molecule has 1 aliphatic heterocycles. The van der Waals surface area contributed by atoms with E-state index in [0.29, 0.717) is 17.8 Å². The minimum atomic E-state index is 0.200. The summed E-state index contributed by atoms with van der Waals surface area (Å²) in [5.74, 6) is 1.49. The van der Waals surface area contributed by atoms with Gasteiger partial charge in [0.25, 0.3) is 0 Å². The van der Waals surface area contributed by atoms with Crippen molar-refractivity contribution in [2.24, 2.45) is 0 Å². The topological polar surface area (TPSA) is 63.4 Å². The molecule has 0 N–H and O–H groups in total. The molecule has 0 spiro atoms. The zero-order valence-electron chi connectivity index (χ0n) is 17.3. The Morgan fingerprint density at radius 2 is 1.90 bits per heavy atom. The Hall–Kier alpha value is -1.67. The number of carbonyl (C=O) groups excluding carboxylic acids is 1. The van der Waals surface area contributed by atoms with Crippen LogP contribution in [0.3, 0.4) is 0 Å². The first-order valence-electron chi connectivity index (χ1n) is 10.6. The van der Waals surface area contributed by atoms with Crippen molar-refractivity contribution in [2.45, 2.75) is 83.0 Å². The number of nitrogens with zero attached hydrogens (tertiary/aromatic N) is 5. The fraction of sp³-hybridized carbons (Fsp3) is 0.619. The fourth-order valence-electron chi connectivity index (χ4n) is 4.99. The van der Waals surface area contributed by atoms with Gasteiger partial charge in [0, 0.05) is 17.0 Å². The number of fused-ring (bicyclic) bond motifs is 5. The Morgan fingerprint density at radius 1 is 1.14 bits per heavy atom. The predicted octanol–water partition coefficient (Wildman–Crippen LogP) is 4.41. The van der Waals surface area contributed by atoms with Crippen molar-refractivity contribution in [2.75, 3.05) is 5.75 Å². The van der Waals surface area contributed by atoms with Gasteiger partial charge in [0.15, 0.2) is 10.8 Å². The molecule has 0 bridgehead atoms. The van der Waals surface area contributed by atoms with Gasteiger partial charge in [-0.25, -0.2) is 4.98 Å². The number of thioether (sulfide) groups is 1. The molecule has 0 aromatic carbocycles. The minimum Gasteiger partial charge on any atom is -0.337 e. The van der Waals surface area contributed by atoms with E-state index >= 15 is 0 Å². The highest BCUT2D eigenvalue weighted by Gasteiger charge is 2.29. The van der Waals surface area contributed by atoms with Gasteiger partial charge in [0.1, 0.15) is 10.7 Å². The van der Waals surface area contributed by atoms with Crippen molar-refractivity contribution in [1.29, 1.82) is 0 Å². The number of aryl methyl sites for hydroxylation is 3. The van der Waals surface area contributed by atoms with Crippen LogP contribution in [-0.4, -0.2) is 48.2 Å². The Bertz CT molecular complexity index is 1080. The molecule has 3 aromatic heterocycles. The van der Waals surface area contributed by atoms with Crippen LogP contribution in [0.25, 0.3) is 15.9 Å².